The zero-order valence-electron chi connectivity index (χ0n) is 23.4. The summed E-state index contributed by atoms with van der Waals surface area (Å²) in [5.74, 6) is -1.06. The molecule has 222 valence electrons. The second-order valence-corrected chi connectivity index (χ2v) is 13.2. The van der Waals surface area contributed by atoms with Crippen LogP contribution < -0.4 is 5.32 Å². The predicted octanol–water partition coefficient (Wildman–Crippen LogP) is 5.33. The molecule has 0 aliphatic carbocycles. The molecule has 0 spiro atoms. The van der Waals surface area contributed by atoms with E-state index in [0.717, 1.165) is 9.87 Å². The fourth-order valence-corrected chi connectivity index (χ4v) is 6.71. The van der Waals surface area contributed by atoms with Crippen LogP contribution in [0.5, 0.6) is 0 Å². The molecule has 11 heteroatoms. The minimum atomic E-state index is -3.99. The number of rotatable bonds is 12. The third-order valence-corrected chi connectivity index (χ3v) is 9.54. The highest BCUT2D eigenvalue weighted by Gasteiger charge is 2.40. The highest BCUT2D eigenvalue weighted by molar-refractivity contribution is 7.90. The van der Waals surface area contributed by atoms with Crippen LogP contribution in [0, 0.1) is 5.92 Å². The number of benzene rings is 3. The van der Waals surface area contributed by atoms with Gasteiger partial charge in [0.2, 0.25) is 11.8 Å². The molecule has 0 saturated carbocycles. The summed E-state index contributed by atoms with van der Waals surface area (Å²) in [5, 5.41) is 3.65. The molecule has 0 saturated heterocycles. The van der Waals surface area contributed by atoms with E-state index < -0.39 is 22.0 Å². The van der Waals surface area contributed by atoms with Crippen molar-refractivity contribution < 1.29 is 22.8 Å². The molecule has 4 rings (SSSR count). The first-order chi connectivity index (χ1) is 20.0. The van der Waals surface area contributed by atoms with Gasteiger partial charge < -0.3 is 10.2 Å². The van der Waals surface area contributed by atoms with Gasteiger partial charge in [0, 0.05) is 32.5 Å². The maximum Gasteiger partial charge on any atom is 0.269 e. The van der Waals surface area contributed by atoms with E-state index in [1.54, 1.807) is 30.3 Å². The molecule has 3 aromatic carbocycles. The van der Waals surface area contributed by atoms with Gasteiger partial charge in [-0.3, -0.25) is 14.4 Å². The van der Waals surface area contributed by atoms with E-state index in [9.17, 15) is 22.8 Å². The van der Waals surface area contributed by atoms with E-state index in [1.807, 2.05) is 44.2 Å². The lowest BCUT2D eigenvalue weighted by Gasteiger charge is -2.32. The predicted molar refractivity (Wildman–Crippen MR) is 163 cm³/mol. The van der Waals surface area contributed by atoms with E-state index in [4.69, 9.17) is 23.2 Å². The maximum atomic E-state index is 13.8. The summed E-state index contributed by atoms with van der Waals surface area (Å²) in [6.45, 7) is 4.32. The van der Waals surface area contributed by atoms with Gasteiger partial charge in [0.1, 0.15) is 10.9 Å². The third-order valence-electron chi connectivity index (χ3n) is 6.96. The van der Waals surface area contributed by atoms with Gasteiger partial charge in [0.15, 0.2) is 0 Å². The number of fused-ring (bicyclic) bond motifs is 1. The summed E-state index contributed by atoms with van der Waals surface area (Å²) in [6, 6.07) is 19.6. The minimum absolute atomic E-state index is 0.0349. The third kappa shape index (κ3) is 7.32. The summed E-state index contributed by atoms with van der Waals surface area (Å²) in [6.07, 6.45) is 0.271. The molecule has 8 nitrogen and oxygen atoms in total. The van der Waals surface area contributed by atoms with Crippen LogP contribution in [0.3, 0.4) is 0 Å². The molecule has 0 fully saturated rings. The van der Waals surface area contributed by atoms with E-state index >= 15 is 0 Å². The topological polar surface area (TPSA) is 104 Å². The molecule has 1 aliphatic rings. The smallest absolute Gasteiger partial charge is 0.269 e. The monoisotopic (exact) mass is 629 g/mol. The summed E-state index contributed by atoms with van der Waals surface area (Å²) in [5.41, 5.74) is 1.68. The first-order valence-electron chi connectivity index (χ1n) is 13.7. The summed E-state index contributed by atoms with van der Waals surface area (Å²) >= 11 is 12.4. The van der Waals surface area contributed by atoms with Crippen LogP contribution in [0.15, 0.2) is 77.7 Å². The Balaban J connectivity index is 1.58. The molecule has 1 unspecified atom stereocenters. The molecular weight excluding hydrogens is 597 g/mol. The molecule has 42 heavy (non-hydrogen) atoms. The van der Waals surface area contributed by atoms with Crippen molar-refractivity contribution in [2.75, 3.05) is 13.1 Å². The molecule has 0 bridgehead atoms. The molecule has 0 radical (unpaired) electrons. The Morgan fingerprint density at radius 2 is 1.62 bits per heavy atom. The molecule has 3 aromatic rings. The quantitative estimate of drug-likeness (QED) is 0.292. The Hall–Kier alpha value is -3.40. The van der Waals surface area contributed by atoms with Gasteiger partial charge >= 0.3 is 0 Å². The Morgan fingerprint density at radius 3 is 2.29 bits per heavy atom. The second kappa shape index (κ2) is 13.7. The van der Waals surface area contributed by atoms with Crippen LogP contribution in [0.25, 0.3) is 0 Å². The zero-order valence-corrected chi connectivity index (χ0v) is 25.8. The Labute approximate surface area is 256 Å². The Morgan fingerprint density at radius 1 is 0.929 bits per heavy atom. The lowest BCUT2D eigenvalue weighted by atomic mass is 10.0. The van der Waals surface area contributed by atoms with Crippen molar-refractivity contribution in [3.05, 3.63) is 99.5 Å². The number of hydrogen-bond acceptors (Lipinski definition) is 5. The number of sulfonamides is 1. The highest BCUT2D eigenvalue weighted by Crippen LogP contribution is 2.30. The number of hydrogen-bond donors (Lipinski definition) is 1. The number of amides is 3. The maximum absolute atomic E-state index is 13.8. The van der Waals surface area contributed by atoms with Crippen LogP contribution in [0.1, 0.15) is 48.2 Å². The minimum Gasteiger partial charge on any atom is -0.354 e. The van der Waals surface area contributed by atoms with Crippen LogP contribution in [0.4, 0.5) is 0 Å². The van der Waals surface area contributed by atoms with Crippen molar-refractivity contribution in [3.8, 4) is 0 Å². The van der Waals surface area contributed by atoms with Gasteiger partial charge in [-0.25, -0.2) is 12.7 Å². The van der Waals surface area contributed by atoms with Crippen molar-refractivity contribution in [2.45, 2.75) is 50.6 Å². The Bertz CT molecular complexity index is 1560. The molecule has 1 aliphatic heterocycles. The molecular formula is C31H33Cl2N3O5S. The molecule has 1 heterocycles. The van der Waals surface area contributed by atoms with E-state index in [1.165, 1.54) is 17.0 Å². The van der Waals surface area contributed by atoms with Gasteiger partial charge in [-0.05, 0) is 47.7 Å². The average molecular weight is 631 g/mol. The molecule has 0 aromatic heterocycles. The fourth-order valence-electron chi connectivity index (χ4n) is 4.78. The number of carbonyl (C=O) groups is 3. The van der Waals surface area contributed by atoms with Gasteiger partial charge in [-0.15, -0.1) is 0 Å². The number of carbonyl (C=O) groups excluding carboxylic acids is 3. The first kappa shape index (κ1) is 31.5. The normalized spacial score (nSPS) is 14.5. The van der Waals surface area contributed by atoms with Gasteiger partial charge in [-0.2, -0.15) is 0 Å². The lowest BCUT2D eigenvalue weighted by molar-refractivity contribution is -0.141. The summed E-state index contributed by atoms with van der Waals surface area (Å²) in [7, 11) is -3.99. The van der Waals surface area contributed by atoms with Crippen molar-refractivity contribution >= 4 is 50.9 Å². The van der Waals surface area contributed by atoms with Crippen LogP contribution in [-0.2, 0) is 32.6 Å². The van der Waals surface area contributed by atoms with Gasteiger partial charge in [-0.1, -0.05) is 85.6 Å². The van der Waals surface area contributed by atoms with Crippen molar-refractivity contribution in [3.63, 3.8) is 0 Å². The molecule has 1 atom stereocenters. The molecule has 1 N–H and O–H groups in total. The van der Waals surface area contributed by atoms with Crippen LogP contribution >= 0.6 is 23.2 Å². The van der Waals surface area contributed by atoms with Crippen molar-refractivity contribution in [1.29, 1.82) is 0 Å². The van der Waals surface area contributed by atoms with E-state index in [2.05, 4.69) is 5.32 Å². The number of nitrogens with one attached hydrogen (secondary N) is 1. The van der Waals surface area contributed by atoms with Crippen LogP contribution in [0.2, 0.25) is 10.0 Å². The SMILES string of the molecule is CC(C)CNC(=O)C(Cc1ccccc1)N(Cc1ccc(Cl)c(Cl)c1)C(=O)CCCN1C(=O)c2ccccc2S1(=O)=O. The van der Waals surface area contributed by atoms with Gasteiger partial charge in [0.05, 0.1) is 15.6 Å². The largest absolute Gasteiger partial charge is 0.354 e. The van der Waals surface area contributed by atoms with E-state index in [0.29, 0.717) is 22.2 Å². The van der Waals surface area contributed by atoms with Crippen molar-refractivity contribution in [2.24, 2.45) is 5.92 Å². The van der Waals surface area contributed by atoms with Crippen molar-refractivity contribution in [1.82, 2.24) is 14.5 Å². The van der Waals surface area contributed by atoms with Crippen LogP contribution in [-0.4, -0.2) is 54.5 Å². The Kier molecular flexibility index (Phi) is 10.3. The number of halogens is 2. The highest BCUT2D eigenvalue weighted by atomic mass is 35.5. The second-order valence-electron chi connectivity index (χ2n) is 10.6. The standard InChI is InChI=1S/C31H33Cl2N3O5S/c1-21(2)19-34-30(38)27(18-22-9-4-3-5-10-22)35(20-23-14-15-25(32)26(33)17-23)29(37)13-8-16-36-31(39)24-11-6-7-12-28(24)42(36,40)41/h3-7,9-12,14-15,17,21,27H,8,13,16,18-20H2,1-2H3,(H,34,38). The first-order valence-corrected chi connectivity index (χ1v) is 15.9. The molecule has 3 amide bonds. The number of nitrogens with zero attached hydrogens (tertiary/aromatic N) is 2. The van der Waals surface area contributed by atoms with Gasteiger partial charge in [0.25, 0.3) is 15.9 Å². The average Bonchev–Trinajstić information content (AvgIpc) is 3.16. The zero-order chi connectivity index (χ0) is 30.4. The summed E-state index contributed by atoms with van der Waals surface area (Å²) < 4.78 is 26.7. The van der Waals surface area contributed by atoms with E-state index in [-0.39, 0.29) is 60.5 Å². The lowest BCUT2D eigenvalue weighted by Crippen LogP contribution is -2.51. The fraction of sp³-hybridized carbons (Fsp3) is 0.323. The summed E-state index contributed by atoms with van der Waals surface area (Å²) in [4.78, 5) is 41.7.